The van der Waals surface area contributed by atoms with Gasteiger partial charge in [-0.3, -0.25) is 0 Å². The first-order chi connectivity index (χ1) is 10.2. The largest absolute Gasteiger partial charge is 0.478 e. The second-order valence-corrected chi connectivity index (χ2v) is 4.85. The van der Waals surface area contributed by atoms with Crippen LogP contribution < -0.4 is 10.1 Å². The molecular weight excluding hydrogens is 264 g/mol. The number of hydrogen-bond donors (Lipinski definition) is 1. The second-order valence-electron chi connectivity index (χ2n) is 4.85. The summed E-state index contributed by atoms with van der Waals surface area (Å²) in [6.07, 6.45) is 3.72. The number of hydrogen-bond acceptors (Lipinski definition) is 5. The fraction of sp³-hybridized carbons (Fsp3) is 0.438. The Kier molecular flexibility index (Phi) is 5.49. The van der Waals surface area contributed by atoms with Crippen LogP contribution in [0.2, 0.25) is 0 Å². The molecule has 2 heterocycles. The summed E-state index contributed by atoms with van der Waals surface area (Å²) in [4.78, 5) is 13.0. The lowest BCUT2D eigenvalue weighted by Gasteiger charge is -2.08. The molecule has 0 aliphatic rings. The van der Waals surface area contributed by atoms with E-state index in [0.29, 0.717) is 19.0 Å². The molecular formula is C16H22N4O. The highest BCUT2D eigenvalue weighted by Crippen LogP contribution is 2.11. The Morgan fingerprint density at radius 2 is 2.05 bits per heavy atom. The van der Waals surface area contributed by atoms with Crippen molar-refractivity contribution in [2.24, 2.45) is 0 Å². The molecule has 2 rings (SSSR count). The summed E-state index contributed by atoms with van der Waals surface area (Å²) in [5.41, 5.74) is 2.14. The average molecular weight is 286 g/mol. The molecule has 112 valence electrons. The lowest BCUT2D eigenvalue weighted by atomic mass is 10.2. The van der Waals surface area contributed by atoms with Crippen LogP contribution in [0, 0.1) is 6.92 Å². The Morgan fingerprint density at radius 1 is 1.19 bits per heavy atom. The number of pyridine rings is 1. The smallest absolute Gasteiger partial charge is 0.213 e. The number of nitrogens with one attached hydrogen (secondary N) is 1. The summed E-state index contributed by atoms with van der Waals surface area (Å²) in [5.74, 6) is 2.32. The predicted octanol–water partition coefficient (Wildman–Crippen LogP) is 3.14. The summed E-state index contributed by atoms with van der Waals surface area (Å²) < 4.78 is 5.47. The molecule has 0 fully saturated rings. The molecule has 2 aromatic heterocycles. The minimum Gasteiger partial charge on any atom is -0.478 e. The van der Waals surface area contributed by atoms with Crippen LogP contribution in [0.1, 0.15) is 37.4 Å². The van der Waals surface area contributed by atoms with E-state index < -0.39 is 0 Å². The molecule has 21 heavy (non-hydrogen) atoms. The van der Waals surface area contributed by atoms with Crippen molar-refractivity contribution < 1.29 is 4.74 Å². The van der Waals surface area contributed by atoms with Gasteiger partial charge in [-0.25, -0.2) is 15.0 Å². The topological polar surface area (TPSA) is 59.9 Å². The van der Waals surface area contributed by atoms with E-state index in [0.717, 1.165) is 35.7 Å². The Morgan fingerprint density at radius 3 is 2.71 bits per heavy atom. The SMILES string of the molecule is CCCOc1ccc(CNc2cc(CC)nc(C)n2)cn1. The van der Waals surface area contributed by atoms with Crippen LogP contribution in [0.25, 0.3) is 0 Å². The van der Waals surface area contributed by atoms with Gasteiger partial charge in [0.05, 0.1) is 6.61 Å². The van der Waals surface area contributed by atoms with Gasteiger partial charge >= 0.3 is 0 Å². The van der Waals surface area contributed by atoms with Crippen molar-refractivity contribution in [2.45, 2.75) is 40.2 Å². The van der Waals surface area contributed by atoms with Crippen molar-refractivity contribution in [3.8, 4) is 5.88 Å². The van der Waals surface area contributed by atoms with Gasteiger partial charge in [-0.2, -0.15) is 0 Å². The van der Waals surface area contributed by atoms with Crippen molar-refractivity contribution in [1.29, 1.82) is 0 Å². The third-order valence-electron chi connectivity index (χ3n) is 2.98. The van der Waals surface area contributed by atoms with E-state index in [4.69, 9.17) is 4.74 Å². The zero-order valence-corrected chi connectivity index (χ0v) is 12.9. The third kappa shape index (κ3) is 4.70. The molecule has 0 amide bonds. The number of rotatable bonds is 7. The highest BCUT2D eigenvalue weighted by Gasteiger charge is 2.01. The van der Waals surface area contributed by atoms with Crippen LogP contribution in [0.5, 0.6) is 5.88 Å². The zero-order chi connectivity index (χ0) is 15.1. The molecule has 1 N–H and O–H groups in total. The molecule has 0 saturated carbocycles. The lowest BCUT2D eigenvalue weighted by Crippen LogP contribution is -2.05. The molecule has 0 spiro atoms. The number of nitrogens with zero attached hydrogens (tertiary/aromatic N) is 3. The van der Waals surface area contributed by atoms with E-state index in [9.17, 15) is 0 Å². The predicted molar refractivity (Wildman–Crippen MR) is 83.5 cm³/mol. The molecule has 0 saturated heterocycles. The maximum atomic E-state index is 5.47. The maximum absolute atomic E-state index is 5.47. The zero-order valence-electron chi connectivity index (χ0n) is 12.9. The molecule has 0 atom stereocenters. The van der Waals surface area contributed by atoms with E-state index >= 15 is 0 Å². The van der Waals surface area contributed by atoms with Crippen LogP contribution in [0.3, 0.4) is 0 Å². The molecule has 0 aliphatic carbocycles. The monoisotopic (exact) mass is 286 g/mol. The van der Waals surface area contributed by atoms with Crippen molar-refractivity contribution in [3.05, 3.63) is 41.5 Å². The second kappa shape index (κ2) is 7.57. The van der Waals surface area contributed by atoms with Crippen LogP contribution in [-0.2, 0) is 13.0 Å². The number of anilines is 1. The highest BCUT2D eigenvalue weighted by molar-refractivity contribution is 5.37. The average Bonchev–Trinajstić information content (AvgIpc) is 2.51. The molecule has 5 heteroatoms. The molecule has 5 nitrogen and oxygen atoms in total. The fourth-order valence-corrected chi connectivity index (χ4v) is 1.90. The molecule has 0 radical (unpaired) electrons. The molecule has 2 aromatic rings. The first kappa shape index (κ1) is 15.2. The van der Waals surface area contributed by atoms with Crippen LogP contribution in [0.15, 0.2) is 24.4 Å². The summed E-state index contributed by atoms with van der Waals surface area (Å²) in [6.45, 7) is 7.45. The van der Waals surface area contributed by atoms with Crippen molar-refractivity contribution in [1.82, 2.24) is 15.0 Å². The van der Waals surface area contributed by atoms with Crippen LogP contribution in [-0.4, -0.2) is 21.6 Å². The van der Waals surface area contributed by atoms with Crippen molar-refractivity contribution in [3.63, 3.8) is 0 Å². The van der Waals surface area contributed by atoms with Crippen molar-refractivity contribution >= 4 is 5.82 Å². The Bertz CT molecular complexity index is 569. The molecule has 0 aromatic carbocycles. The summed E-state index contributed by atoms with van der Waals surface area (Å²) in [6, 6.07) is 5.90. The van der Waals surface area contributed by atoms with E-state index in [2.05, 4.69) is 34.1 Å². The number of aromatic nitrogens is 3. The fourth-order valence-electron chi connectivity index (χ4n) is 1.90. The Labute approximate surface area is 125 Å². The quantitative estimate of drug-likeness (QED) is 0.847. The normalized spacial score (nSPS) is 10.4. The van der Waals surface area contributed by atoms with E-state index in [-0.39, 0.29) is 0 Å². The van der Waals surface area contributed by atoms with Gasteiger partial charge in [-0.05, 0) is 25.3 Å². The van der Waals surface area contributed by atoms with Crippen LogP contribution >= 0.6 is 0 Å². The van der Waals surface area contributed by atoms with Gasteiger partial charge in [0.1, 0.15) is 11.6 Å². The number of ether oxygens (including phenoxy) is 1. The Hall–Kier alpha value is -2.17. The molecule has 0 unspecified atom stereocenters. The first-order valence-electron chi connectivity index (χ1n) is 7.37. The van der Waals surface area contributed by atoms with Gasteiger partial charge in [0.2, 0.25) is 5.88 Å². The van der Waals surface area contributed by atoms with Gasteiger partial charge in [0, 0.05) is 30.6 Å². The third-order valence-corrected chi connectivity index (χ3v) is 2.98. The van der Waals surface area contributed by atoms with Crippen LogP contribution in [0.4, 0.5) is 5.82 Å². The van der Waals surface area contributed by atoms with E-state index in [1.54, 1.807) is 0 Å². The van der Waals surface area contributed by atoms with Gasteiger partial charge in [-0.15, -0.1) is 0 Å². The van der Waals surface area contributed by atoms with E-state index in [1.165, 1.54) is 0 Å². The first-order valence-corrected chi connectivity index (χ1v) is 7.37. The van der Waals surface area contributed by atoms with Gasteiger partial charge in [-0.1, -0.05) is 19.9 Å². The van der Waals surface area contributed by atoms with Gasteiger partial charge in [0.25, 0.3) is 0 Å². The van der Waals surface area contributed by atoms with Gasteiger partial charge < -0.3 is 10.1 Å². The molecule has 0 bridgehead atoms. The number of aryl methyl sites for hydroxylation is 2. The summed E-state index contributed by atoms with van der Waals surface area (Å²) in [5, 5.41) is 3.31. The van der Waals surface area contributed by atoms with Crippen molar-refractivity contribution in [2.75, 3.05) is 11.9 Å². The van der Waals surface area contributed by atoms with Gasteiger partial charge in [0.15, 0.2) is 0 Å². The summed E-state index contributed by atoms with van der Waals surface area (Å²) in [7, 11) is 0. The molecule has 0 aliphatic heterocycles. The van der Waals surface area contributed by atoms with E-state index in [1.807, 2.05) is 31.3 Å². The summed E-state index contributed by atoms with van der Waals surface area (Å²) >= 11 is 0. The minimum absolute atomic E-state index is 0.673. The Balaban J connectivity index is 1.95. The maximum Gasteiger partial charge on any atom is 0.213 e. The highest BCUT2D eigenvalue weighted by atomic mass is 16.5. The lowest BCUT2D eigenvalue weighted by molar-refractivity contribution is 0.305. The standard InChI is InChI=1S/C16H22N4O/c1-4-8-21-16-7-6-13(11-18-16)10-17-15-9-14(5-2)19-12(3)20-15/h6-7,9,11H,4-5,8,10H2,1-3H3,(H,17,19,20). The minimum atomic E-state index is 0.673.